The first-order valence-corrected chi connectivity index (χ1v) is 11.4. The average Bonchev–Trinajstić information content (AvgIpc) is 2.96. The molecule has 1 saturated heterocycles. The van der Waals surface area contributed by atoms with Crippen molar-refractivity contribution in [3.05, 3.63) is 35.9 Å². The van der Waals surface area contributed by atoms with E-state index in [2.05, 4.69) is 15.8 Å². The van der Waals surface area contributed by atoms with E-state index in [1.165, 1.54) is 11.8 Å². The van der Waals surface area contributed by atoms with Crippen molar-refractivity contribution in [3.63, 3.8) is 0 Å². The Hall–Kier alpha value is -2.13. The number of para-hydroxylation sites is 1. The van der Waals surface area contributed by atoms with E-state index in [4.69, 9.17) is 0 Å². The van der Waals surface area contributed by atoms with Crippen LogP contribution in [0.1, 0.15) is 18.4 Å². The molecule has 9 heteroatoms. The van der Waals surface area contributed by atoms with Crippen molar-refractivity contribution in [1.29, 1.82) is 0 Å². The smallest absolute Gasteiger partial charge is 0.248 e. The van der Waals surface area contributed by atoms with Gasteiger partial charge in [0.1, 0.15) is 0 Å². The summed E-state index contributed by atoms with van der Waals surface area (Å²) < 4.78 is 22.8. The fourth-order valence-electron chi connectivity index (χ4n) is 3.05. The van der Waals surface area contributed by atoms with Gasteiger partial charge in [-0.2, -0.15) is 0 Å². The van der Waals surface area contributed by atoms with Crippen molar-refractivity contribution in [2.24, 2.45) is 5.92 Å². The van der Waals surface area contributed by atoms with E-state index in [1.54, 1.807) is 0 Å². The fourth-order valence-corrected chi connectivity index (χ4v) is 5.69. The molecule has 27 heavy (non-hydrogen) atoms. The van der Waals surface area contributed by atoms with Crippen LogP contribution in [0.15, 0.2) is 35.4 Å². The van der Waals surface area contributed by atoms with Gasteiger partial charge in [0, 0.05) is 11.8 Å². The summed E-state index contributed by atoms with van der Waals surface area (Å²) in [7, 11) is -3.01. The molecule has 2 N–H and O–H groups in total. The Morgan fingerprint density at radius 2 is 1.96 bits per heavy atom. The van der Waals surface area contributed by atoms with Crippen LogP contribution in [0.3, 0.4) is 0 Å². The van der Waals surface area contributed by atoms with Gasteiger partial charge in [0.25, 0.3) is 0 Å². The second-order valence-corrected chi connectivity index (χ2v) is 9.88. The summed E-state index contributed by atoms with van der Waals surface area (Å²) in [4.78, 5) is 28.3. The minimum Gasteiger partial charge on any atom is -0.273 e. The van der Waals surface area contributed by atoms with E-state index < -0.39 is 9.84 Å². The van der Waals surface area contributed by atoms with Crippen molar-refractivity contribution >= 4 is 44.3 Å². The van der Waals surface area contributed by atoms with Crippen LogP contribution in [0.2, 0.25) is 0 Å². The number of thioether (sulfide) groups is 1. The molecule has 0 unspecified atom stereocenters. The highest BCUT2D eigenvalue weighted by Gasteiger charge is 2.29. The number of benzene rings is 1. The molecule has 7 nitrogen and oxygen atoms in total. The Bertz CT molecular complexity index is 976. The number of hydrogen-bond donors (Lipinski definition) is 2. The molecule has 1 aromatic carbocycles. The molecule has 2 aromatic rings. The van der Waals surface area contributed by atoms with E-state index >= 15 is 0 Å². The molecule has 1 atom stereocenters. The quantitative estimate of drug-likeness (QED) is 0.576. The van der Waals surface area contributed by atoms with E-state index in [1.807, 2.05) is 37.3 Å². The van der Waals surface area contributed by atoms with E-state index in [0.29, 0.717) is 6.42 Å². The van der Waals surface area contributed by atoms with Crippen LogP contribution in [0.5, 0.6) is 0 Å². The summed E-state index contributed by atoms with van der Waals surface area (Å²) in [5.74, 6) is -0.618. The van der Waals surface area contributed by atoms with Gasteiger partial charge >= 0.3 is 0 Å². The molecular formula is C18H21N3O4S2. The number of amides is 2. The zero-order valence-corrected chi connectivity index (χ0v) is 16.5. The molecule has 0 aliphatic carbocycles. The fraction of sp³-hybridized carbons (Fsp3) is 0.389. The number of carbonyl (C=O) groups is 2. The van der Waals surface area contributed by atoms with E-state index in [0.717, 1.165) is 21.5 Å². The summed E-state index contributed by atoms with van der Waals surface area (Å²) in [6.45, 7) is 2.00. The van der Waals surface area contributed by atoms with Gasteiger partial charge in [-0.3, -0.25) is 20.4 Å². The van der Waals surface area contributed by atoms with Gasteiger partial charge < -0.3 is 0 Å². The normalized spacial score (nSPS) is 18.3. The predicted molar refractivity (Wildman–Crippen MR) is 105 cm³/mol. The number of nitrogens with zero attached hydrogens (tertiary/aromatic N) is 1. The zero-order valence-electron chi connectivity index (χ0n) is 14.9. The molecule has 2 amide bonds. The number of hydrogen-bond acceptors (Lipinski definition) is 6. The topological polar surface area (TPSA) is 105 Å². The predicted octanol–water partition coefficient (Wildman–Crippen LogP) is 1.61. The summed E-state index contributed by atoms with van der Waals surface area (Å²) >= 11 is 1.29. The van der Waals surface area contributed by atoms with Crippen LogP contribution in [-0.2, 0) is 19.4 Å². The molecule has 1 aliphatic rings. The number of hydrazine groups is 1. The van der Waals surface area contributed by atoms with E-state index in [-0.39, 0.29) is 41.4 Å². The van der Waals surface area contributed by atoms with Crippen LogP contribution < -0.4 is 10.9 Å². The number of rotatable bonds is 5. The Morgan fingerprint density at radius 3 is 2.70 bits per heavy atom. The van der Waals surface area contributed by atoms with Crippen LogP contribution >= 0.6 is 11.8 Å². The molecule has 1 aliphatic heterocycles. The number of aromatic nitrogens is 1. The molecule has 0 radical (unpaired) electrons. The van der Waals surface area contributed by atoms with Gasteiger partial charge in [-0.25, -0.2) is 13.4 Å². The maximum atomic E-state index is 11.9. The van der Waals surface area contributed by atoms with Crippen LogP contribution in [0, 0.1) is 12.8 Å². The molecule has 1 aromatic heterocycles. The molecule has 0 spiro atoms. The summed E-state index contributed by atoms with van der Waals surface area (Å²) in [5.41, 5.74) is 6.67. The number of nitrogens with one attached hydrogen (secondary N) is 2. The molecule has 0 saturated carbocycles. The Labute approximate surface area is 162 Å². The summed E-state index contributed by atoms with van der Waals surface area (Å²) in [6, 6.07) is 9.74. The molecule has 3 rings (SSSR count). The summed E-state index contributed by atoms with van der Waals surface area (Å²) in [5, 5.41) is 1.82. The molecular weight excluding hydrogens is 386 g/mol. The van der Waals surface area contributed by atoms with Gasteiger partial charge in [-0.1, -0.05) is 30.0 Å². The number of carbonyl (C=O) groups excluding carboxylic acids is 2. The molecule has 0 bridgehead atoms. The minimum atomic E-state index is -3.01. The molecule has 144 valence electrons. The second-order valence-electron chi connectivity index (χ2n) is 6.65. The first kappa shape index (κ1) is 19.6. The van der Waals surface area contributed by atoms with E-state index in [9.17, 15) is 18.0 Å². The third-order valence-corrected chi connectivity index (χ3v) is 7.14. The first-order chi connectivity index (χ1) is 12.8. The van der Waals surface area contributed by atoms with Gasteiger partial charge in [-0.15, -0.1) is 0 Å². The maximum Gasteiger partial charge on any atom is 0.248 e. The third kappa shape index (κ3) is 5.43. The van der Waals surface area contributed by atoms with Crippen LogP contribution in [0.4, 0.5) is 0 Å². The first-order valence-electron chi connectivity index (χ1n) is 8.60. The van der Waals surface area contributed by atoms with Gasteiger partial charge in [0.15, 0.2) is 9.84 Å². The standard InChI is InChI=1S/C18H21N3O4S2/c1-12-8-18(19-15-5-3-2-4-14(12)15)26-10-17(23)21-20-16(22)9-13-6-7-27(24,25)11-13/h2-5,8,13H,6-7,9-11H2,1H3,(H,20,22)(H,21,23)/t13-/m1/s1. The number of fused-ring (bicyclic) bond motifs is 1. The lowest BCUT2D eigenvalue weighted by Crippen LogP contribution is -2.43. The SMILES string of the molecule is Cc1cc(SCC(=O)NNC(=O)C[C@H]2CCS(=O)(=O)C2)nc2ccccc12. The van der Waals surface area contributed by atoms with Gasteiger partial charge in [0.05, 0.1) is 27.8 Å². The average molecular weight is 408 g/mol. The van der Waals surface area contributed by atoms with Crippen molar-refractivity contribution < 1.29 is 18.0 Å². The lowest BCUT2D eigenvalue weighted by Gasteiger charge is -2.10. The Morgan fingerprint density at radius 1 is 1.22 bits per heavy atom. The lowest BCUT2D eigenvalue weighted by atomic mass is 10.1. The third-order valence-electron chi connectivity index (χ3n) is 4.39. The van der Waals surface area contributed by atoms with Gasteiger partial charge in [0.2, 0.25) is 11.8 Å². The highest BCUT2D eigenvalue weighted by molar-refractivity contribution is 7.99. The molecule has 2 heterocycles. The van der Waals surface area contributed by atoms with Crippen molar-refractivity contribution in [3.8, 4) is 0 Å². The number of pyridine rings is 1. The van der Waals surface area contributed by atoms with Gasteiger partial charge in [-0.05, 0) is 37.0 Å². The Kier molecular flexibility index (Phi) is 6.01. The van der Waals surface area contributed by atoms with Crippen molar-refractivity contribution in [2.45, 2.75) is 24.8 Å². The zero-order chi connectivity index (χ0) is 19.4. The number of aryl methyl sites for hydroxylation is 1. The van der Waals surface area contributed by atoms with Crippen molar-refractivity contribution in [1.82, 2.24) is 15.8 Å². The maximum absolute atomic E-state index is 11.9. The highest BCUT2D eigenvalue weighted by atomic mass is 32.2. The van der Waals surface area contributed by atoms with Crippen molar-refractivity contribution in [2.75, 3.05) is 17.3 Å². The number of sulfone groups is 1. The molecule has 1 fully saturated rings. The monoisotopic (exact) mass is 407 g/mol. The highest BCUT2D eigenvalue weighted by Crippen LogP contribution is 2.23. The van der Waals surface area contributed by atoms with Crippen LogP contribution in [0.25, 0.3) is 10.9 Å². The largest absolute Gasteiger partial charge is 0.273 e. The second kappa shape index (κ2) is 8.26. The van der Waals surface area contributed by atoms with Crippen LogP contribution in [-0.4, -0.2) is 42.5 Å². The minimum absolute atomic E-state index is 0.0389. The Balaban J connectivity index is 1.45. The lowest BCUT2D eigenvalue weighted by molar-refractivity contribution is -0.128. The summed E-state index contributed by atoms with van der Waals surface area (Å²) in [6.07, 6.45) is 0.588.